The third-order valence-electron chi connectivity index (χ3n) is 3.61. The number of rotatable bonds is 6. The average molecular weight is 360 g/mol. The largest absolute Gasteiger partial charge is 0.328 e. The lowest BCUT2D eigenvalue weighted by atomic mass is 10.1. The average Bonchev–Trinajstić information content (AvgIpc) is 3.26. The van der Waals surface area contributed by atoms with E-state index in [0.717, 1.165) is 24.1 Å². The van der Waals surface area contributed by atoms with E-state index >= 15 is 0 Å². The van der Waals surface area contributed by atoms with Gasteiger partial charge in [0, 0.05) is 24.8 Å². The van der Waals surface area contributed by atoms with Crippen molar-refractivity contribution in [2.24, 2.45) is 0 Å². The van der Waals surface area contributed by atoms with Crippen LogP contribution >= 0.6 is 11.3 Å². The quantitative estimate of drug-likeness (QED) is 0.707. The minimum atomic E-state index is -0.287. The number of carbonyl (C=O) groups is 1. The van der Waals surface area contributed by atoms with Crippen LogP contribution in [0.1, 0.15) is 12.1 Å². The normalized spacial score (nSPS) is 10.6. The van der Waals surface area contributed by atoms with E-state index in [9.17, 15) is 9.18 Å². The van der Waals surface area contributed by atoms with Gasteiger partial charge in [0.1, 0.15) is 11.3 Å². The molecule has 0 fully saturated rings. The lowest BCUT2D eigenvalue weighted by Gasteiger charge is -2.16. The summed E-state index contributed by atoms with van der Waals surface area (Å²) in [5.41, 5.74) is 3.94. The van der Waals surface area contributed by atoms with Gasteiger partial charge in [-0.25, -0.2) is 9.18 Å². The second-order valence-electron chi connectivity index (χ2n) is 5.49. The van der Waals surface area contributed by atoms with Crippen molar-refractivity contribution in [3.05, 3.63) is 47.4 Å². The molecule has 0 spiro atoms. The molecule has 0 radical (unpaired) electrons. The van der Waals surface area contributed by atoms with Gasteiger partial charge in [-0.1, -0.05) is 23.5 Å². The van der Waals surface area contributed by atoms with Crippen LogP contribution in [0.25, 0.3) is 11.3 Å². The lowest BCUT2D eigenvalue weighted by Crippen LogP contribution is -2.32. The predicted octanol–water partition coefficient (Wildman–Crippen LogP) is 3.16. The molecule has 2 aromatic heterocycles. The van der Waals surface area contributed by atoms with Crippen LogP contribution < -0.4 is 5.32 Å². The summed E-state index contributed by atoms with van der Waals surface area (Å²) >= 11 is 1.27. The van der Waals surface area contributed by atoms with E-state index in [4.69, 9.17) is 0 Å². The number of H-pyrrole nitrogens is 1. The van der Waals surface area contributed by atoms with Crippen LogP contribution in [0, 0.1) is 5.82 Å². The Hall–Kier alpha value is -2.81. The van der Waals surface area contributed by atoms with Crippen molar-refractivity contribution in [2.45, 2.75) is 12.8 Å². The Morgan fingerprint density at radius 2 is 2.28 bits per heavy atom. The van der Waals surface area contributed by atoms with E-state index in [2.05, 4.69) is 25.7 Å². The minimum Gasteiger partial charge on any atom is -0.328 e. The molecule has 9 heteroatoms. The predicted molar refractivity (Wildman–Crippen MR) is 93.9 cm³/mol. The van der Waals surface area contributed by atoms with Crippen LogP contribution in [-0.2, 0) is 6.42 Å². The number of aryl methyl sites for hydroxylation is 1. The second-order valence-corrected chi connectivity index (χ2v) is 6.32. The number of hydrogen-bond acceptors (Lipinski definition) is 5. The molecular weight excluding hydrogens is 343 g/mol. The second kappa shape index (κ2) is 7.84. The number of aromatic nitrogens is 4. The molecule has 2 heterocycles. The van der Waals surface area contributed by atoms with Gasteiger partial charge in [0.2, 0.25) is 5.13 Å². The maximum absolute atomic E-state index is 13.3. The third-order valence-corrected chi connectivity index (χ3v) is 4.22. The van der Waals surface area contributed by atoms with Crippen molar-refractivity contribution >= 4 is 22.5 Å². The molecule has 3 aromatic rings. The number of carbonyl (C=O) groups excluding carboxylic acids is 1. The van der Waals surface area contributed by atoms with E-state index in [1.807, 2.05) is 12.1 Å². The van der Waals surface area contributed by atoms with Gasteiger partial charge < -0.3 is 4.90 Å². The summed E-state index contributed by atoms with van der Waals surface area (Å²) < 4.78 is 13.3. The molecule has 1 aromatic carbocycles. The number of nitrogens with one attached hydrogen (secondary N) is 2. The highest BCUT2D eigenvalue weighted by atomic mass is 32.1. The van der Waals surface area contributed by atoms with Crippen LogP contribution in [-0.4, -0.2) is 44.9 Å². The van der Waals surface area contributed by atoms with Crippen LogP contribution in [0.15, 0.2) is 35.8 Å². The smallest absolute Gasteiger partial charge is 0.323 e. The molecule has 2 N–H and O–H groups in total. The number of nitrogens with zero attached hydrogens (tertiary/aromatic N) is 4. The van der Waals surface area contributed by atoms with Gasteiger partial charge in [-0.15, -0.1) is 10.2 Å². The number of aromatic amines is 1. The van der Waals surface area contributed by atoms with Crippen LogP contribution in [0.3, 0.4) is 0 Å². The fraction of sp³-hybridized carbons (Fsp3) is 0.250. The molecule has 7 nitrogen and oxygen atoms in total. The zero-order valence-electron chi connectivity index (χ0n) is 13.6. The summed E-state index contributed by atoms with van der Waals surface area (Å²) in [6.45, 7) is 0.582. The maximum Gasteiger partial charge on any atom is 0.323 e. The number of amides is 2. The van der Waals surface area contributed by atoms with Gasteiger partial charge in [-0.05, 0) is 31.0 Å². The molecule has 0 aliphatic rings. The lowest BCUT2D eigenvalue weighted by molar-refractivity contribution is 0.222. The highest BCUT2D eigenvalue weighted by Crippen LogP contribution is 2.19. The summed E-state index contributed by atoms with van der Waals surface area (Å²) in [5, 5.41) is 17.8. The number of urea groups is 1. The molecular formula is C16H17FN6OS. The van der Waals surface area contributed by atoms with E-state index in [1.54, 1.807) is 23.5 Å². The number of hydrogen-bond donors (Lipinski definition) is 2. The standard InChI is InChI=1S/C16H17FN6OS/c1-23(16(24)19-15-22-18-10-25-15)7-3-6-13-9-14(21-20-13)11-4-2-5-12(17)8-11/h2,4-5,8-10H,3,6-7H2,1H3,(H,20,21)(H,19,22,24). The molecule has 130 valence electrons. The van der Waals surface area contributed by atoms with Crippen molar-refractivity contribution in [3.63, 3.8) is 0 Å². The first-order valence-electron chi connectivity index (χ1n) is 7.70. The number of anilines is 1. The van der Waals surface area contributed by atoms with Crippen molar-refractivity contribution < 1.29 is 9.18 Å². The third kappa shape index (κ3) is 4.60. The first-order valence-corrected chi connectivity index (χ1v) is 8.58. The topological polar surface area (TPSA) is 86.8 Å². The molecule has 0 unspecified atom stereocenters. The Bertz CT molecular complexity index is 835. The molecule has 3 rings (SSSR count). The van der Waals surface area contributed by atoms with E-state index in [1.165, 1.54) is 23.5 Å². The first kappa shape index (κ1) is 17.0. The summed E-state index contributed by atoms with van der Waals surface area (Å²) in [6, 6.07) is 8.00. The highest BCUT2D eigenvalue weighted by molar-refractivity contribution is 7.13. The monoisotopic (exact) mass is 360 g/mol. The molecule has 0 atom stereocenters. The van der Waals surface area contributed by atoms with Crippen molar-refractivity contribution in [1.82, 2.24) is 25.3 Å². The van der Waals surface area contributed by atoms with Crippen molar-refractivity contribution in [1.29, 1.82) is 0 Å². The SMILES string of the molecule is CN(CCCc1cc(-c2cccc(F)c2)n[nH]1)C(=O)Nc1nncs1. The number of halogens is 1. The van der Waals surface area contributed by atoms with Crippen molar-refractivity contribution in [2.75, 3.05) is 18.9 Å². The zero-order chi connectivity index (χ0) is 17.6. The zero-order valence-corrected chi connectivity index (χ0v) is 14.4. The van der Waals surface area contributed by atoms with Gasteiger partial charge in [0.15, 0.2) is 0 Å². The fourth-order valence-corrected chi connectivity index (χ4v) is 2.74. The molecule has 2 amide bonds. The minimum absolute atomic E-state index is 0.221. The van der Waals surface area contributed by atoms with Gasteiger partial charge in [-0.2, -0.15) is 5.10 Å². The van der Waals surface area contributed by atoms with Gasteiger partial charge in [0.05, 0.1) is 5.69 Å². The summed E-state index contributed by atoms with van der Waals surface area (Å²) in [6.07, 6.45) is 1.50. The molecule has 25 heavy (non-hydrogen) atoms. The number of benzene rings is 1. The molecule has 0 saturated heterocycles. The Balaban J connectivity index is 1.48. The van der Waals surface area contributed by atoms with Crippen LogP contribution in [0.5, 0.6) is 0 Å². The van der Waals surface area contributed by atoms with E-state index in [-0.39, 0.29) is 11.8 Å². The Kier molecular flexibility index (Phi) is 5.34. The van der Waals surface area contributed by atoms with Gasteiger partial charge >= 0.3 is 6.03 Å². The maximum atomic E-state index is 13.3. The van der Waals surface area contributed by atoms with Crippen LogP contribution in [0.4, 0.5) is 14.3 Å². The molecule has 0 aliphatic carbocycles. The first-order chi connectivity index (χ1) is 12.1. The van der Waals surface area contributed by atoms with Crippen LogP contribution in [0.2, 0.25) is 0 Å². The fourth-order valence-electron chi connectivity index (χ4n) is 2.31. The molecule has 0 saturated carbocycles. The Morgan fingerprint density at radius 1 is 1.40 bits per heavy atom. The summed E-state index contributed by atoms with van der Waals surface area (Å²) in [4.78, 5) is 13.6. The van der Waals surface area contributed by atoms with Crippen molar-refractivity contribution in [3.8, 4) is 11.3 Å². The summed E-state index contributed by atoms with van der Waals surface area (Å²) in [5.74, 6) is -0.287. The van der Waals surface area contributed by atoms with Gasteiger partial charge in [0.25, 0.3) is 0 Å². The molecule has 0 bridgehead atoms. The van der Waals surface area contributed by atoms with E-state index in [0.29, 0.717) is 17.4 Å². The Labute approximate surface area is 147 Å². The molecule has 0 aliphatic heterocycles. The summed E-state index contributed by atoms with van der Waals surface area (Å²) in [7, 11) is 1.72. The van der Waals surface area contributed by atoms with E-state index < -0.39 is 0 Å². The Morgan fingerprint density at radius 3 is 3.04 bits per heavy atom. The highest BCUT2D eigenvalue weighted by Gasteiger charge is 2.11. The van der Waals surface area contributed by atoms with Gasteiger partial charge in [-0.3, -0.25) is 10.4 Å².